The monoisotopic (exact) mass is 339 g/mol. The van der Waals surface area contributed by atoms with Gasteiger partial charge in [0.2, 0.25) is 15.0 Å². The lowest BCUT2D eigenvalue weighted by Gasteiger charge is -2.17. The van der Waals surface area contributed by atoms with E-state index in [1.165, 1.54) is 23.1 Å². The second-order valence-electron chi connectivity index (χ2n) is 4.79. The van der Waals surface area contributed by atoms with Gasteiger partial charge in [0.05, 0.1) is 5.75 Å². The molecule has 8 heteroatoms. The van der Waals surface area contributed by atoms with Gasteiger partial charge in [-0.1, -0.05) is 17.7 Å². The van der Waals surface area contributed by atoms with Crippen molar-refractivity contribution in [3.63, 3.8) is 0 Å². The van der Waals surface area contributed by atoms with Crippen LogP contribution in [0.3, 0.4) is 0 Å². The Morgan fingerprint density at radius 1 is 1.40 bits per heavy atom. The van der Waals surface area contributed by atoms with Crippen LogP contribution in [0.25, 0.3) is 0 Å². The first kappa shape index (κ1) is 15.5. The highest BCUT2D eigenvalue weighted by Crippen LogP contribution is 2.25. The Bertz CT molecular complexity index is 636. The number of hydrogen-bond acceptors (Lipinski definition) is 3. The first-order valence-corrected chi connectivity index (χ1v) is 8.74. The summed E-state index contributed by atoms with van der Waals surface area (Å²) in [7, 11) is 1.57. The predicted molar refractivity (Wildman–Crippen MR) is 74.6 cm³/mol. The van der Waals surface area contributed by atoms with E-state index in [1.54, 1.807) is 0 Å². The largest absolute Gasteiger partial charge is 0.338 e. The minimum atomic E-state index is -3.62. The van der Waals surface area contributed by atoms with E-state index < -0.39 is 14.9 Å². The molecule has 0 spiro atoms. The minimum Gasteiger partial charge on any atom is -0.338 e. The lowest BCUT2D eigenvalue weighted by atomic mass is 10.1. The molecule has 1 unspecified atom stereocenters. The molecule has 0 saturated carbocycles. The molecule has 110 valence electrons. The highest BCUT2D eigenvalue weighted by molar-refractivity contribution is 8.13. The van der Waals surface area contributed by atoms with Gasteiger partial charge >= 0.3 is 0 Å². The van der Waals surface area contributed by atoms with Crippen molar-refractivity contribution >= 4 is 37.2 Å². The smallest absolute Gasteiger partial charge is 0.232 e. The minimum absolute atomic E-state index is 0.144. The van der Waals surface area contributed by atoms with E-state index in [1.807, 2.05) is 0 Å². The molecule has 2 rings (SSSR count). The van der Waals surface area contributed by atoms with Crippen LogP contribution in [0.5, 0.6) is 0 Å². The first-order valence-electron chi connectivity index (χ1n) is 5.88. The normalized spacial score (nSPS) is 19.6. The molecule has 1 heterocycles. The molecule has 1 atom stereocenters. The quantitative estimate of drug-likeness (QED) is 0.791. The summed E-state index contributed by atoms with van der Waals surface area (Å²) < 4.78 is 35.0. The number of hydrogen-bond donors (Lipinski definition) is 0. The fraction of sp³-hybridized carbons (Fsp3) is 0.417. The summed E-state index contributed by atoms with van der Waals surface area (Å²) in [5.41, 5.74) is 0.621. The molecular weight excluding hydrogens is 328 g/mol. The van der Waals surface area contributed by atoms with Crippen molar-refractivity contribution in [2.45, 2.75) is 13.0 Å². The van der Waals surface area contributed by atoms with Gasteiger partial charge in [-0.05, 0) is 17.7 Å². The van der Waals surface area contributed by atoms with Gasteiger partial charge < -0.3 is 4.90 Å². The van der Waals surface area contributed by atoms with Crippen LogP contribution >= 0.6 is 22.3 Å². The average Bonchev–Trinajstić information content (AvgIpc) is 2.60. The third-order valence-corrected chi connectivity index (χ3v) is 4.71. The molecule has 1 aromatic carbocycles. The van der Waals surface area contributed by atoms with Crippen LogP contribution in [0.15, 0.2) is 18.2 Å². The van der Waals surface area contributed by atoms with Crippen molar-refractivity contribution in [3.8, 4) is 0 Å². The Balaban J connectivity index is 2.05. The SMILES string of the molecule is O=C1CC(CS(=O)(=O)Cl)CN1Cc1ccc(F)cc1Cl. The van der Waals surface area contributed by atoms with E-state index in [4.69, 9.17) is 22.3 Å². The van der Waals surface area contributed by atoms with Crippen molar-refractivity contribution in [3.05, 3.63) is 34.6 Å². The van der Waals surface area contributed by atoms with Crippen LogP contribution in [0.1, 0.15) is 12.0 Å². The number of carbonyl (C=O) groups is 1. The first-order chi connectivity index (χ1) is 9.24. The van der Waals surface area contributed by atoms with Gasteiger partial charge in [-0.25, -0.2) is 12.8 Å². The fourth-order valence-electron chi connectivity index (χ4n) is 2.26. The number of halogens is 3. The van der Waals surface area contributed by atoms with E-state index in [9.17, 15) is 17.6 Å². The summed E-state index contributed by atoms with van der Waals surface area (Å²) >= 11 is 5.90. The Morgan fingerprint density at radius 2 is 2.10 bits per heavy atom. The van der Waals surface area contributed by atoms with E-state index in [-0.39, 0.29) is 35.6 Å². The van der Waals surface area contributed by atoms with Crippen molar-refractivity contribution in [2.24, 2.45) is 5.92 Å². The summed E-state index contributed by atoms with van der Waals surface area (Å²) in [6, 6.07) is 3.96. The molecule has 1 amide bonds. The molecule has 0 radical (unpaired) electrons. The highest BCUT2D eigenvalue weighted by atomic mass is 35.7. The molecule has 1 aliphatic heterocycles. The third-order valence-electron chi connectivity index (χ3n) is 3.11. The maximum Gasteiger partial charge on any atom is 0.232 e. The van der Waals surface area contributed by atoms with Crippen LogP contribution in [0, 0.1) is 11.7 Å². The molecule has 4 nitrogen and oxygen atoms in total. The molecule has 1 saturated heterocycles. The zero-order valence-electron chi connectivity index (χ0n) is 10.4. The number of nitrogens with zero attached hydrogens (tertiary/aromatic N) is 1. The molecule has 1 aromatic rings. The summed E-state index contributed by atoms with van der Waals surface area (Å²) in [6.45, 7) is 0.537. The molecule has 1 fully saturated rings. The number of carbonyl (C=O) groups excluding carboxylic acids is 1. The fourth-order valence-corrected chi connectivity index (χ4v) is 3.80. The maximum atomic E-state index is 12.9. The Morgan fingerprint density at radius 3 is 2.70 bits per heavy atom. The van der Waals surface area contributed by atoms with Gasteiger partial charge in [0.1, 0.15) is 5.82 Å². The predicted octanol–water partition coefficient (Wildman–Crippen LogP) is 2.40. The molecule has 0 N–H and O–H groups in total. The maximum absolute atomic E-state index is 12.9. The molecule has 0 bridgehead atoms. The zero-order valence-corrected chi connectivity index (χ0v) is 12.7. The van der Waals surface area contributed by atoms with Crippen LogP contribution < -0.4 is 0 Å². The lowest BCUT2D eigenvalue weighted by Crippen LogP contribution is -2.25. The Labute approximate surface area is 125 Å². The van der Waals surface area contributed by atoms with Crippen molar-refractivity contribution in [2.75, 3.05) is 12.3 Å². The topological polar surface area (TPSA) is 54.5 Å². The van der Waals surface area contributed by atoms with Crippen LogP contribution in [-0.2, 0) is 20.4 Å². The standard InChI is InChI=1S/C12H12Cl2FNO3S/c13-11-4-10(15)2-1-9(11)6-16-5-8(3-12(16)17)7-20(14,18)19/h1-2,4,8H,3,5-7H2. The Kier molecular flexibility index (Phi) is 4.56. The van der Waals surface area contributed by atoms with Gasteiger partial charge in [-0.2, -0.15) is 0 Å². The number of likely N-dealkylation sites (tertiary alicyclic amines) is 1. The number of benzene rings is 1. The average molecular weight is 340 g/mol. The van der Waals surface area contributed by atoms with Gasteiger partial charge in [0.15, 0.2) is 0 Å². The number of amides is 1. The van der Waals surface area contributed by atoms with Crippen molar-refractivity contribution in [1.82, 2.24) is 4.90 Å². The Hall–Kier alpha value is -0.850. The third kappa shape index (κ3) is 4.07. The summed E-state index contributed by atoms with van der Waals surface area (Å²) in [5, 5.41) is 0.242. The van der Waals surface area contributed by atoms with Gasteiger partial charge in [-0.15, -0.1) is 0 Å². The second-order valence-corrected chi connectivity index (χ2v) is 8.01. The van der Waals surface area contributed by atoms with Crippen LogP contribution in [0.2, 0.25) is 5.02 Å². The van der Waals surface area contributed by atoms with Crippen LogP contribution in [0.4, 0.5) is 4.39 Å². The molecule has 20 heavy (non-hydrogen) atoms. The molecule has 0 aliphatic carbocycles. The van der Waals surface area contributed by atoms with Gasteiger partial charge in [-0.3, -0.25) is 4.79 Å². The zero-order chi connectivity index (χ0) is 14.9. The molecule has 0 aromatic heterocycles. The molecular formula is C12H12Cl2FNO3S. The highest BCUT2D eigenvalue weighted by Gasteiger charge is 2.32. The summed E-state index contributed by atoms with van der Waals surface area (Å²) in [5.74, 6) is -1.15. The second kappa shape index (κ2) is 5.87. The summed E-state index contributed by atoms with van der Waals surface area (Å²) in [4.78, 5) is 13.3. The van der Waals surface area contributed by atoms with Crippen molar-refractivity contribution in [1.29, 1.82) is 0 Å². The van der Waals surface area contributed by atoms with E-state index in [2.05, 4.69) is 0 Å². The van der Waals surface area contributed by atoms with E-state index >= 15 is 0 Å². The lowest BCUT2D eigenvalue weighted by molar-refractivity contribution is -0.128. The van der Waals surface area contributed by atoms with Crippen molar-refractivity contribution < 1.29 is 17.6 Å². The van der Waals surface area contributed by atoms with E-state index in [0.717, 1.165) is 0 Å². The van der Waals surface area contributed by atoms with Gasteiger partial charge in [0.25, 0.3) is 0 Å². The van der Waals surface area contributed by atoms with Gasteiger partial charge in [0, 0.05) is 41.1 Å². The number of rotatable bonds is 4. The summed E-state index contributed by atoms with van der Waals surface area (Å²) in [6.07, 6.45) is 0.144. The van der Waals surface area contributed by atoms with E-state index in [0.29, 0.717) is 12.1 Å². The molecule has 1 aliphatic rings. The van der Waals surface area contributed by atoms with Crippen LogP contribution in [-0.4, -0.2) is 31.5 Å².